The number of hydrogen-bond acceptors (Lipinski definition) is 4. The van der Waals surface area contributed by atoms with Crippen LogP contribution in [0.15, 0.2) is 64.9 Å². The summed E-state index contributed by atoms with van der Waals surface area (Å²) in [5.41, 5.74) is 6.41. The van der Waals surface area contributed by atoms with E-state index in [1.807, 2.05) is 0 Å². The lowest BCUT2D eigenvalue weighted by Gasteiger charge is -2.20. The topological polar surface area (TPSA) is 80.5 Å². The summed E-state index contributed by atoms with van der Waals surface area (Å²) in [6.45, 7) is 0. The molecule has 0 unspecified atom stereocenters. The van der Waals surface area contributed by atoms with Crippen LogP contribution in [-0.4, -0.2) is 21.4 Å². The van der Waals surface area contributed by atoms with Gasteiger partial charge in [-0.05, 0) is 29.8 Å². The first-order valence-corrected chi connectivity index (χ1v) is 9.85. The Morgan fingerprint density at radius 1 is 1.12 bits per heavy atom. The number of para-hydroxylation sites is 1. The zero-order valence-corrected chi connectivity index (χ0v) is 15.4. The van der Waals surface area contributed by atoms with Gasteiger partial charge in [-0.15, -0.1) is 11.3 Å². The maximum absolute atomic E-state index is 13.6. The first-order valence-electron chi connectivity index (χ1n) is 7.53. The molecule has 1 amide bonds. The number of nitrogens with zero attached hydrogens (tertiary/aromatic N) is 1. The number of sulfonamides is 1. The fraction of sp³-hybridized carbons (Fsp3) is 0.0556. The molecule has 0 bridgehead atoms. The minimum absolute atomic E-state index is 0.0907. The molecule has 0 saturated heterocycles. The molecule has 134 valence electrons. The van der Waals surface area contributed by atoms with Gasteiger partial charge in [-0.1, -0.05) is 30.3 Å². The van der Waals surface area contributed by atoms with E-state index in [2.05, 4.69) is 0 Å². The lowest BCUT2D eigenvalue weighted by atomic mass is 10.1. The first-order chi connectivity index (χ1) is 12.3. The molecular formula is C18H15FN2O3S2. The molecule has 0 aliphatic carbocycles. The summed E-state index contributed by atoms with van der Waals surface area (Å²) in [5, 5.41) is 1.50. The van der Waals surface area contributed by atoms with Gasteiger partial charge in [0.25, 0.3) is 15.9 Å². The third kappa shape index (κ3) is 3.21. The van der Waals surface area contributed by atoms with Crippen molar-refractivity contribution in [2.75, 3.05) is 11.4 Å². The van der Waals surface area contributed by atoms with E-state index in [-0.39, 0.29) is 15.3 Å². The van der Waals surface area contributed by atoms with E-state index in [0.29, 0.717) is 11.3 Å². The second kappa shape index (κ2) is 6.89. The third-order valence-corrected chi connectivity index (χ3v) is 6.84. The zero-order chi connectivity index (χ0) is 18.9. The minimum Gasteiger partial charge on any atom is -0.365 e. The van der Waals surface area contributed by atoms with E-state index >= 15 is 0 Å². The fourth-order valence-electron chi connectivity index (χ4n) is 2.54. The number of benzene rings is 2. The molecule has 2 aromatic carbocycles. The normalized spacial score (nSPS) is 11.3. The van der Waals surface area contributed by atoms with Crippen LogP contribution in [0, 0.1) is 5.82 Å². The van der Waals surface area contributed by atoms with Gasteiger partial charge in [-0.25, -0.2) is 12.8 Å². The van der Waals surface area contributed by atoms with E-state index in [0.717, 1.165) is 15.6 Å². The Hall–Kier alpha value is -2.71. The van der Waals surface area contributed by atoms with Crippen LogP contribution in [0.1, 0.15) is 9.67 Å². The molecule has 0 aliphatic rings. The summed E-state index contributed by atoms with van der Waals surface area (Å²) in [6, 6.07) is 14.0. The number of halogens is 1. The van der Waals surface area contributed by atoms with Crippen molar-refractivity contribution in [2.24, 2.45) is 5.73 Å². The molecule has 0 saturated carbocycles. The van der Waals surface area contributed by atoms with E-state index in [1.54, 1.807) is 36.4 Å². The Kier molecular flexibility index (Phi) is 4.80. The number of carbonyl (C=O) groups excluding carboxylic acids is 1. The monoisotopic (exact) mass is 390 g/mol. The van der Waals surface area contributed by atoms with Gasteiger partial charge >= 0.3 is 0 Å². The Bertz CT molecular complexity index is 1060. The minimum atomic E-state index is -4.10. The lowest BCUT2D eigenvalue weighted by molar-refractivity contribution is 0.100. The standard InChI is InChI=1S/C18H15FN2O3S2/c1-21(14-8-3-2-4-9-14)26(23,24)17-15(11-25-16(17)18(20)22)12-6-5-7-13(19)10-12/h2-11H,1H3,(H2,20,22). The number of primary amides is 1. The lowest BCUT2D eigenvalue weighted by Crippen LogP contribution is -2.28. The molecule has 0 aliphatic heterocycles. The number of anilines is 1. The van der Waals surface area contributed by atoms with Gasteiger partial charge in [0, 0.05) is 18.0 Å². The number of amides is 1. The van der Waals surface area contributed by atoms with Crippen molar-refractivity contribution in [2.45, 2.75) is 4.90 Å². The van der Waals surface area contributed by atoms with Crippen LogP contribution in [0.25, 0.3) is 11.1 Å². The van der Waals surface area contributed by atoms with Crippen LogP contribution in [0.3, 0.4) is 0 Å². The van der Waals surface area contributed by atoms with E-state index in [1.165, 1.54) is 30.6 Å². The van der Waals surface area contributed by atoms with E-state index in [9.17, 15) is 17.6 Å². The highest BCUT2D eigenvalue weighted by Crippen LogP contribution is 2.37. The molecule has 3 rings (SSSR count). The number of nitrogens with two attached hydrogens (primary N) is 1. The second-order valence-corrected chi connectivity index (χ2v) is 8.28. The molecule has 1 heterocycles. The summed E-state index contributed by atoms with van der Waals surface area (Å²) in [7, 11) is -2.70. The number of carbonyl (C=O) groups is 1. The van der Waals surface area contributed by atoms with Gasteiger partial charge in [0.15, 0.2) is 0 Å². The maximum atomic E-state index is 13.6. The number of thiophene rings is 1. The Morgan fingerprint density at radius 3 is 2.42 bits per heavy atom. The molecule has 8 heteroatoms. The Labute approximate surface area is 154 Å². The molecule has 0 spiro atoms. The largest absolute Gasteiger partial charge is 0.365 e. The highest BCUT2D eigenvalue weighted by molar-refractivity contribution is 7.93. The van der Waals surface area contributed by atoms with Crippen LogP contribution < -0.4 is 10.0 Å². The van der Waals surface area contributed by atoms with Crippen molar-refractivity contribution in [3.63, 3.8) is 0 Å². The molecule has 1 aromatic heterocycles. The summed E-state index contributed by atoms with van der Waals surface area (Å²) in [6.07, 6.45) is 0. The maximum Gasteiger partial charge on any atom is 0.266 e. The number of rotatable bonds is 5. The van der Waals surface area contributed by atoms with Crippen LogP contribution in [0.4, 0.5) is 10.1 Å². The van der Waals surface area contributed by atoms with Gasteiger partial charge in [-0.2, -0.15) is 0 Å². The van der Waals surface area contributed by atoms with Gasteiger partial charge in [0.2, 0.25) is 0 Å². The molecule has 0 fully saturated rings. The molecular weight excluding hydrogens is 375 g/mol. The molecule has 5 nitrogen and oxygen atoms in total. The van der Waals surface area contributed by atoms with Crippen LogP contribution >= 0.6 is 11.3 Å². The number of hydrogen-bond donors (Lipinski definition) is 1. The average molecular weight is 390 g/mol. The van der Waals surface area contributed by atoms with Crippen molar-refractivity contribution in [3.8, 4) is 11.1 Å². The first kappa shape index (κ1) is 18.1. The highest BCUT2D eigenvalue weighted by Gasteiger charge is 2.31. The molecule has 0 radical (unpaired) electrons. The fourth-order valence-corrected chi connectivity index (χ4v) is 5.36. The SMILES string of the molecule is CN(c1ccccc1)S(=O)(=O)c1c(-c2cccc(F)c2)csc1C(N)=O. The van der Waals surface area contributed by atoms with E-state index < -0.39 is 21.7 Å². The van der Waals surface area contributed by atoms with Crippen molar-refractivity contribution >= 4 is 33.0 Å². The summed E-state index contributed by atoms with van der Waals surface area (Å²) < 4.78 is 41.2. The summed E-state index contributed by atoms with van der Waals surface area (Å²) >= 11 is 0.922. The van der Waals surface area contributed by atoms with Crippen molar-refractivity contribution in [1.82, 2.24) is 0 Å². The van der Waals surface area contributed by atoms with E-state index in [4.69, 9.17) is 5.73 Å². The Balaban J connectivity index is 2.22. The second-order valence-electron chi connectivity index (χ2n) is 5.49. The van der Waals surface area contributed by atoms with Gasteiger partial charge in [0.05, 0.1) is 5.69 Å². The smallest absolute Gasteiger partial charge is 0.266 e. The summed E-state index contributed by atoms with van der Waals surface area (Å²) in [5.74, 6) is -1.35. The van der Waals surface area contributed by atoms with Crippen molar-refractivity contribution in [1.29, 1.82) is 0 Å². The zero-order valence-electron chi connectivity index (χ0n) is 13.7. The third-order valence-electron chi connectivity index (χ3n) is 3.84. The molecule has 0 atom stereocenters. The Morgan fingerprint density at radius 2 is 1.81 bits per heavy atom. The average Bonchev–Trinajstić information content (AvgIpc) is 3.08. The highest BCUT2D eigenvalue weighted by atomic mass is 32.2. The van der Waals surface area contributed by atoms with Crippen molar-refractivity contribution < 1.29 is 17.6 Å². The van der Waals surface area contributed by atoms with Crippen LogP contribution in [0.2, 0.25) is 0 Å². The van der Waals surface area contributed by atoms with Gasteiger partial charge in [-0.3, -0.25) is 9.10 Å². The predicted molar refractivity (Wildman–Crippen MR) is 100 cm³/mol. The quantitative estimate of drug-likeness (QED) is 0.724. The molecule has 2 N–H and O–H groups in total. The van der Waals surface area contributed by atoms with Gasteiger partial charge < -0.3 is 5.73 Å². The van der Waals surface area contributed by atoms with Gasteiger partial charge in [0.1, 0.15) is 15.6 Å². The van der Waals surface area contributed by atoms with Crippen LogP contribution in [0.5, 0.6) is 0 Å². The molecule has 26 heavy (non-hydrogen) atoms. The molecule has 3 aromatic rings. The predicted octanol–water partition coefficient (Wildman–Crippen LogP) is 3.48. The van der Waals surface area contributed by atoms with Crippen molar-refractivity contribution in [3.05, 3.63) is 70.7 Å². The summed E-state index contributed by atoms with van der Waals surface area (Å²) in [4.78, 5) is 11.5. The van der Waals surface area contributed by atoms with Crippen LogP contribution in [-0.2, 0) is 10.0 Å².